The van der Waals surface area contributed by atoms with E-state index in [1.165, 1.54) is 38.9 Å². The second-order valence-corrected chi connectivity index (χ2v) is 13.1. The first-order chi connectivity index (χ1) is 19.1. The Kier molecular flexibility index (Phi) is 6.53. The third kappa shape index (κ3) is 4.32. The van der Waals surface area contributed by atoms with Gasteiger partial charge in [0.05, 0.1) is 18.2 Å². The number of nitrogens with zero attached hydrogens (tertiary/aromatic N) is 2. The molecule has 212 valence electrons. The summed E-state index contributed by atoms with van der Waals surface area (Å²) >= 11 is 0. The van der Waals surface area contributed by atoms with Crippen LogP contribution in [0.15, 0.2) is 52.6 Å². The fourth-order valence-electron chi connectivity index (χ4n) is 6.83. The lowest BCUT2D eigenvalue weighted by Crippen LogP contribution is -2.41. The van der Waals surface area contributed by atoms with E-state index in [-0.39, 0.29) is 5.92 Å². The summed E-state index contributed by atoms with van der Waals surface area (Å²) in [7, 11) is 0.394. The van der Waals surface area contributed by atoms with Crippen LogP contribution in [0.25, 0.3) is 10.9 Å². The highest BCUT2D eigenvalue weighted by Gasteiger charge is 2.46. The quantitative estimate of drug-likeness (QED) is 0.486. The molecule has 0 bridgehead atoms. The topological polar surface area (TPSA) is 130 Å². The smallest absolute Gasteiger partial charge is 0.404 e. The minimum absolute atomic E-state index is 0.360. The molecule has 10 nitrogen and oxygen atoms in total. The van der Waals surface area contributed by atoms with E-state index in [0.717, 1.165) is 56.2 Å². The van der Waals surface area contributed by atoms with Gasteiger partial charge in [0.15, 0.2) is 0 Å². The lowest BCUT2D eigenvalue weighted by Gasteiger charge is -2.31. The molecule has 3 aliphatic carbocycles. The molecular formula is C29H34N4O6S. The van der Waals surface area contributed by atoms with Crippen molar-refractivity contribution < 1.29 is 27.9 Å². The van der Waals surface area contributed by atoms with Gasteiger partial charge in [0, 0.05) is 43.7 Å². The zero-order chi connectivity index (χ0) is 28.3. The maximum absolute atomic E-state index is 13.3. The first kappa shape index (κ1) is 26.6. The molecule has 1 saturated carbocycles. The molecule has 0 spiro atoms. The number of fused-ring (bicyclic) bond motifs is 6. The van der Waals surface area contributed by atoms with Crippen molar-refractivity contribution in [3.63, 3.8) is 0 Å². The number of ether oxygens (including phenoxy) is 1. The van der Waals surface area contributed by atoms with Crippen molar-refractivity contribution in [1.29, 1.82) is 0 Å². The molecule has 1 aliphatic heterocycles. The van der Waals surface area contributed by atoms with Crippen molar-refractivity contribution in [2.45, 2.75) is 62.9 Å². The number of hydrogen-bond donors (Lipinski definition) is 3. The van der Waals surface area contributed by atoms with Crippen LogP contribution in [0.2, 0.25) is 0 Å². The number of methoxy groups -OCH3 is 1. The molecular weight excluding hydrogens is 532 g/mol. The summed E-state index contributed by atoms with van der Waals surface area (Å²) in [5.41, 5.74) is 5.94. The van der Waals surface area contributed by atoms with Crippen LogP contribution in [0.5, 0.6) is 5.75 Å². The van der Waals surface area contributed by atoms with Crippen LogP contribution in [0.1, 0.15) is 61.6 Å². The molecule has 0 saturated heterocycles. The van der Waals surface area contributed by atoms with Gasteiger partial charge >= 0.3 is 16.3 Å². The summed E-state index contributed by atoms with van der Waals surface area (Å²) < 4.78 is 36.1. The lowest BCUT2D eigenvalue weighted by molar-refractivity contribution is -0.115. The maximum atomic E-state index is 13.3. The van der Waals surface area contributed by atoms with Gasteiger partial charge in [-0.25, -0.2) is 9.52 Å². The van der Waals surface area contributed by atoms with Gasteiger partial charge in [0.25, 0.3) is 5.91 Å². The molecule has 40 heavy (non-hydrogen) atoms. The van der Waals surface area contributed by atoms with E-state index >= 15 is 0 Å². The van der Waals surface area contributed by atoms with E-state index in [4.69, 9.17) is 4.74 Å². The summed E-state index contributed by atoms with van der Waals surface area (Å²) in [5, 5.41) is 13.4. The molecule has 2 aromatic rings. The van der Waals surface area contributed by atoms with Crippen molar-refractivity contribution in [1.82, 2.24) is 18.9 Å². The molecule has 2 amide bonds. The minimum atomic E-state index is -3.98. The van der Waals surface area contributed by atoms with Gasteiger partial charge in [-0.05, 0) is 59.6 Å². The van der Waals surface area contributed by atoms with Crippen LogP contribution in [0.4, 0.5) is 4.79 Å². The molecule has 4 aliphatic rings. The van der Waals surface area contributed by atoms with Gasteiger partial charge in [-0.3, -0.25) is 4.79 Å². The second-order valence-electron chi connectivity index (χ2n) is 11.2. The number of carboxylic acid groups (broad SMARTS) is 1. The summed E-state index contributed by atoms with van der Waals surface area (Å²) in [4.78, 5) is 25.1. The Hall–Kier alpha value is -3.57. The van der Waals surface area contributed by atoms with Crippen molar-refractivity contribution >= 4 is 33.1 Å². The number of carbonyl (C=O) groups excluding carboxylic acids is 1. The number of hydrogen-bond acceptors (Lipinski definition) is 5. The summed E-state index contributed by atoms with van der Waals surface area (Å²) in [5.74, 6) is 0.115. The van der Waals surface area contributed by atoms with Gasteiger partial charge in [-0.15, -0.1) is 0 Å². The Labute approximate surface area is 233 Å². The highest BCUT2D eigenvalue weighted by molar-refractivity contribution is 7.87. The third-order valence-electron chi connectivity index (χ3n) is 8.72. The number of amides is 2. The normalized spacial score (nSPS) is 22.5. The molecule has 0 radical (unpaired) electrons. The first-order valence-corrected chi connectivity index (χ1v) is 15.1. The third-order valence-corrected chi connectivity index (χ3v) is 10.1. The maximum Gasteiger partial charge on any atom is 0.404 e. The number of benzene rings is 1. The number of rotatable bonds is 6. The van der Waals surface area contributed by atoms with Gasteiger partial charge in [-0.2, -0.15) is 12.7 Å². The van der Waals surface area contributed by atoms with E-state index in [1.807, 2.05) is 18.2 Å². The predicted octanol–water partition coefficient (Wildman–Crippen LogP) is 3.92. The molecule has 3 N–H and O–H groups in total. The second kappa shape index (κ2) is 9.81. The van der Waals surface area contributed by atoms with Crippen molar-refractivity contribution in [2.24, 2.45) is 0 Å². The zero-order valence-corrected chi connectivity index (χ0v) is 23.7. The number of aromatic nitrogens is 1. The average Bonchev–Trinajstić information content (AvgIpc) is 3.55. The fraction of sp³-hybridized carbons (Fsp3) is 0.448. The van der Waals surface area contributed by atoms with Crippen LogP contribution in [-0.4, -0.2) is 61.6 Å². The minimum Gasteiger partial charge on any atom is -0.496 e. The zero-order valence-electron chi connectivity index (χ0n) is 22.9. The highest BCUT2D eigenvalue weighted by Crippen LogP contribution is 2.53. The van der Waals surface area contributed by atoms with Gasteiger partial charge in [0.2, 0.25) is 0 Å². The van der Waals surface area contributed by atoms with Crippen molar-refractivity contribution in [2.75, 3.05) is 21.2 Å². The van der Waals surface area contributed by atoms with Gasteiger partial charge in [-0.1, -0.05) is 37.5 Å². The van der Waals surface area contributed by atoms with Crippen LogP contribution >= 0.6 is 0 Å². The van der Waals surface area contributed by atoms with Crippen molar-refractivity contribution in [3.8, 4) is 5.75 Å². The number of nitrogens with one attached hydrogen (secondary N) is 2. The van der Waals surface area contributed by atoms with Gasteiger partial charge < -0.3 is 19.7 Å². The fourth-order valence-corrected chi connectivity index (χ4v) is 7.34. The standard InChI is InChI=1S/C29H34N4O6S/c1-32(2)40(37,38)31-28(34)26-20-15-33-22(25-18(24(20)26)10-7-11-21(25)30-29(35)36)14-19-23(39-3)13-12-17(27(19)33)16-8-5-4-6-9-16/h7,10,12-14,16,21,25,30H,4-6,8-9,11,15H2,1-3H3,(H,31,34)(H,35,36)/t21-,25?/m1/s1. The van der Waals surface area contributed by atoms with E-state index in [9.17, 15) is 23.1 Å². The number of allylic oxidation sites excluding steroid dienone is 2. The summed E-state index contributed by atoms with van der Waals surface area (Å²) in [6.07, 6.45) is 9.03. The van der Waals surface area contributed by atoms with E-state index in [0.29, 0.717) is 24.5 Å². The Morgan fingerprint density at radius 2 is 1.90 bits per heavy atom. The van der Waals surface area contributed by atoms with Gasteiger partial charge in [0.1, 0.15) is 5.75 Å². The molecule has 1 fully saturated rings. The highest BCUT2D eigenvalue weighted by atomic mass is 32.2. The Morgan fingerprint density at radius 3 is 2.58 bits per heavy atom. The molecule has 11 heteroatoms. The first-order valence-electron chi connectivity index (χ1n) is 13.7. The molecule has 6 rings (SSSR count). The molecule has 1 aromatic carbocycles. The molecule has 1 aromatic heterocycles. The average molecular weight is 567 g/mol. The largest absolute Gasteiger partial charge is 0.496 e. The Bertz CT molecular complexity index is 1620. The van der Waals surface area contributed by atoms with E-state index in [2.05, 4.69) is 26.7 Å². The van der Waals surface area contributed by atoms with Crippen LogP contribution in [0.3, 0.4) is 0 Å². The van der Waals surface area contributed by atoms with E-state index in [1.54, 1.807) is 7.11 Å². The molecule has 1 unspecified atom stereocenters. The SMILES string of the molecule is COc1ccc(C2CCCCC2)c2c1cc1n2CC2=C(C(=O)NS(=O)(=O)N(C)C)C2=C2C=CC[C@@H](NC(=O)O)C21. The Balaban J connectivity index is 1.56. The summed E-state index contributed by atoms with van der Waals surface area (Å²) in [6, 6.07) is 5.83. The summed E-state index contributed by atoms with van der Waals surface area (Å²) in [6.45, 7) is 0.388. The van der Waals surface area contributed by atoms with E-state index < -0.39 is 28.3 Å². The molecule has 2 atom stereocenters. The van der Waals surface area contributed by atoms with Crippen LogP contribution in [0, 0.1) is 0 Å². The van der Waals surface area contributed by atoms with Crippen molar-refractivity contribution in [3.05, 3.63) is 63.9 Å². The Morgan fingerprint density at radius 1 is 1.15 bits per heavy atom. The number of carbonyl (C=O) groups is 2. The lowest BCUT2D eigenvalue weighted by atomic mass is 9.81. The predicted molar refractivity (Wildman–Crippen MR) is 151 cm³/mol. The van der Waals surface area contributed by atoms with Crippen LogP contribution in [-0.2, 0) is 21.5 Å². The monoisotopic (exact) mass is 566 g/mol. The molecule has 2 heterocycles. The van der Waals surface area contributed by atoms with Crippen LogP contribution < -0.4 is 14.8 Å².